The number of nitrogens with two attached hydrogens (primary N) is 1. The van der Waals surface area contributed by atoms with Gasteiger partial charge in [-0.05, 0) is 29.8 Å². The number of ether oxygens (including phenoxy) is 1. The molecular formula is C14H14FN3O2. The molecule has 0 fully saturated rings. The van der Waals surface area contributed by atoms with E-state index in [1.807, 2.05) is 0 Å². The number of amides is 1. The highest BCUT2D eigenvalue weighted by atomic mass is 19.1. The summed E-state index contributed by atoms with van der Waals surface area (Å²) in [7, 11) is 1.50. The molecule has 1 heterocycles. The number of halogens is 1. The zero-order valence-electron chi connectivity index (χ0n) is 10.9. The zero-order chi connectivity index (χ0) is 14.5. The molecule has 6 heteroatoms. The van der Waals surface area contributed by atoms with Crippen LogP contribution < -0.4 is 15.8 Å². The molecule has 104 valence electrons. The van der Waals surface area contributed by atoms with Crippen molar-refractivity contribution in [2.24, 2.45) is 5.73 Å². The Labute approximate surface area is 115 Å². The first-order chi connectivity index (χ1) is 9.63. The van der Waals surface area contributed by atoms with Crippen LogP contribution in [0.3, 0.4) is 0 Å². The summed E-state index contributed by atoms with van der Waals surface area (Å²) < 4.78 is 17.9. The highest BCUT2D eigenvalue weighted by molar-refractivity contribution is 6.03. The van der Waals surface area contributed by atoms with E-state index in [1.54, 1.807) is 18.2 Å². The summed E-state index contributed by atoms with van der Waals surface area (Å²) in [4.78, 5) is 15.7. The van der Waals surface area contributed by atoms with E-state index >= 15 is 0 Å². The fourth-order valence-electron chi connectivity index (χ4n) is 1.66. The van der Waals surface area contributed by atoms with Gasteiger partial charge in [0.15, 0.2) is 0 Å². The first-order valence-electron chi connectivity index (χ1n) is 5.94. The molecule has 1 aromatic carbocycles. The lowest BCUT2D eigenvalue weighted by molar-refractivity contribution is 0.102. The zero-order valence-corrected chi connectivity index (χ0v) is 10.9. The lowest BCUT2D eigenvalue weighted by atomic mass is 10.2. The molecule has 1 amide bonds. The van der Waals surface area contributed by atoms with Crippen LogP contribution in [0.25, 0.3) is 0 Å². The van der Waals surface area contributed by atoms with Crippen molar-refractivity contribution in [3.63, 3.8) is 0 Å². The number of nitrogens with zero attached hydrogens (tertiary/aromatic N) is 1. The van der Waals surface area contributed by atoms with Gasteiger partial charge < -0.3 is 15.8 Å². The van der Waals surface area contributed by atoms with Crippen LogP contribution >= 0.6 is 0 Å². The number of pyridine rings is 1. The predicted molar refractivity (Wildman–Crippen MR) is 73.0 cm³/mol. The molecule has 0 saturated carbocycles. The van der Waals surface area contributed by atoms with Crippen molar-refractivity contribution < 1.29 is 13.9 Å². The third-order valence-electron chi connectivity index (χ3n) is 2.71. The van der Waals surface area contributed by atoms with E-state index in [0.29, 0.717) is 18.0 Å². The summed E-state index contributed by atoms with van der Waals surface area (Å²) in [5.74, 6) is -0.432. The molecule has 3 N–H and O–H groups in total. The van der Waals surface area contributed by atoms with Gasteiger partial charge in [-0.1, -0.05) is 6.07 Å². The van der Waals surface area contributed by atoms with Crippen molar-refractivity contribution in [3.8, 4) is 5.75 Å². The molecule has 1 aromatic heterocycles. The van der Waals surface area contributed by atoms with Crippen molar-refractivity contribution in [2.45, 2.75) is 6.54 Å². The number of nitrogens with one attached hydrogen (secondary N) is 1. The molecule has 0 atom stereocenters. The lowest BCUT2D eigenvalue weighted by Gasteiger charge is -2.11. The maximum absolute atomic E-state index is 12.8. The smallest absolute Gasteiger partial charge is 0.274 e. The Balaban J connectivity index is 2.21. The van der Waals surface area contributed by atoms with E-state index in [1.165, 1.54) is 19.2 Å². The van der Waals surface area contributed by atoms with Gasteiger partial charge in [0.2, 0.25) is 0 Å². The summed E-state index contributed by atoms with van der Waals surface area (Å²) in [5.41, 5.74) is 7.05. The van der Waals surface area contributed by atoms with E-state index in [2.05, 4.69) is 10.3 Å². The second-order valence-electron chi connectivity index (χ2n) is 4.05. The first-order valence-corrected chi connectivity index (χ1v) is 5.94. The van der Waals surface area contributed by atoms with Gasteiger partial charge in [0.25, 0.3) is 5.91 Å². The number of hydrogen-bond donors (Lipinski definition) is 2. The van der Waals surface area contributed by atoms with Gasteiger partial charge >= 0.3 is 0 Å². The summed E-state index contributed by atoms with van der Waals surface area (Å²) >= 11 is 0. The Hall–Kier alpha value is -2.47. The molecule has 0 aliphatic carbocycles. The first kappa shape index (κ1) is 14.0. The van der Waals surface area contributed by atoms with Crippen LogP contribution in [0.1, 0.15) is 16.1 Å². The van der Waals surface area contributed by atoms with Gasteiger partial charge in [0, 0.05) is 6.54 Å². The van der Waals surface area contributed by atoms with Crippen LogP contribution in [0, 0.1) is 5.82 Å². The molecular weight excluding hydrogens is 261 g/mol. The number of methoxy groups -OCH3 is 1. The van der Waals surface area contributed by atoms with Crippen LogP contribution in [0.4, 0.5) is 10.1 Å². The van der Waals surface area contributed by atoms with E-state index < -0.39 is 11.7 Å². The minimum Gasteiger partial charge on any atom is -0.495 e. The monoisotopic (exact) mass is 275 g/mol. The van der Waals surface area contributed by atoms with Crippen molar-refractivity contribution in [1.29, 1.82) is 0 Å². The number of benzene rings is 1. The van der Waals surface area contributed by atoms with Crippen LogP contribution in [0.5, 0.6) is 5.75 Å². The largest absolute Gasteiger partial charge is 0.495 e. The number of aromatic nitrogens is 1. The van der Waals surface area contributed by atoms with Gasteiger partial charge in [-0.3, -0.25) is 4.79 Å². The van der Waals surface area contributed by atoms with Crippen molar-refractivity contribution in [2.75, 3.05) is 12.4 Å². The third-order valence-corrected chi connectivity index (χ3v) is 2.71. The van der Waals surface area contributed by atoms with Crippen LogP contribution in [0.15, 0.2) is 36.5 Å². The summed E-state index contributed by atoms with van der Waals surface area (Å²) in [6.07, 6.45) is 0.990. The average molecular weight is 275 g/mol. The van der Waals surface area contributed by atoms with Crippen LogP contribution in [0.2, 0.25) is 0 Å². The molecule has 0 saturated heterocycles. The van der Waals surface area contributed by atoms with Crippen LogP contribution in [-0.4, -0.2) is 18.0 Å². The maximum atomic E-state index is 12.8. The fraction of sp³-hybridized carbons (Fsp3) is 0.143. The van der Waals surface area contributed by atoms with Crippen molar-refractivity contribution in [1.82, 2.24) is 4.98 Å². The molecule has 0 spiro atoms. The maximum Gasteiger partial charge on any atom is 0.274 e. The van der Waals surface area contributed by atoms with Crippen molar-refractivity contribution >= 4 is 11.6 Å². The molecule has 2 rings (SSSR count). The highest BCUT2D eigenvalue weighted by Crippen LogP contribution is 2.25. The number of rotatable bonds is 4. The Morgan fingerprint density at radius 1 is 1.40 bits per heavy atom. The average Bonchev–Trinajstić information content (AvgIpc) is 2.48. The van der Waals surface area contributed by atoms with Gasteiger partial charge in [-0.2, -0.15) is 0 Å². The molecule has 0 bridgehead atoms. The highest BCUT2D eigenvalue weighted by Gasteiger charge is 2.11. The van der Waals surface area contributed by atoms with Gasteiger partial charge in [0.05, 0.1) is 19.0 Å². The van der Waals surface area contributed by atoms with E-state index in [9.17, 15) is 9.18 Å². The van der Waals surface area contributed by atoms with E-state index in [0.717, 1.165) is 11.8 Å². The van der Waals surface area contributed by atoms with E-state index in [-0.39, 0.29) is 5.69 Å². The predicted octanol–water partition coefficient (Wildman–Crippen LogP) is 1.94. The standard InChI is InChI=1S/C14H14FN3O2/c1-20-13-6-9(7-16)2-4-11(13)18-14(19)12-5-3-10(15)8-17-12/h2-6,8H,7,16H2,1H3,(H,18,19). The molecule has 2 aromatic rings. The third kappa shape index (κ3) is 3.10. The lowest BCUT2D eigenvalue weighted by Crippen LogP contribution is -2.14. The number of carbonyl (C=O) groups excluding carboxylic acids is 1. The molecule has 0 unspecified atom stereocenters. The fourth-order valence-corrected chi connectivity index (χ4v) is 1.66. The Kier molecular flexibility index (Phi) is 4.27. The second kappa shape index (κ2) is 6.12. The number of hydrogen-bond acceptors (Lipinski definition) is 4. The Morgan fingerprint density at radius 3 is 2.80 bits per heavy atom. The Bertz CT molecular complexity index is 614. The molecule has 20 heavy (non-hydrogen) atoms. The molecule has 0 radical (unpaired) electrons. The number of anilines is 1. The van der Waals surface area contributed by atoms with Crippen molar-refractivity contribution in [3.05, 3.63) is 53.6 Å². The summed E-state index contributed by atoms with van der Waals surface area (Å²) in [6.45, 7) is 0.379. The normalized spacial score (nSPS) is 10.2. The van der Waals surface area contributed by atoms with Gasteiger partial charge in [-0.25, -0.2) is 9.37 Å². The van der Waals surface area contributed by atoms with Gasteiger partial charge in [-0.15, -0.1) is 0 Å². The molecule has 5 nitrogen and oxygen atoms in total. The van der Waals surface area contributed by atoms with Gasteiger partial charge in [0.1, 0.15) is 17.3 Å². The second-order valence-corrected chi connectivity index (χ2v) is 4.05. The molecule has 0 aliphatic rings. The molecule has 0 aliphatic heterocycles. The number of carbonyl (C=O) groups is 1. The SMILES string of the molecule is COc1cc(CN)ccc1NC(=O)c1ccc(F)cn1. The minimum atomic E-state index is -0.494. The summed E-state index contributed by atoms with van der Waals surface area (Å²) in [5, 5.41) is 2.66. The minimum absolute atomic E-state index is 0.122. The topological polar surface area (TPSA) is 77.2 Å². The Morgan fingerprint density at radius 2 is 2.20 bits per heavy atom. The van der Waals surface area contributed by atoms with Crippen LogP contribution in [-0.2, 0) is 6.54 Å². The van der Waals surface area contributed by atoms with E-state index in [4.69, 9.17) is 10.5 Å². The quantitative estimate of drug-likeness (QED) is 0.894. The summed E-state index contributed by atoms with van der Waals surface area (Å²) in [6, 6.07) is 7.72.